The number of amides is 2. The summed E-state index contributed by atoms with van der Waals surface area (Å²) in [6.45, 7) is 3.38. The number of likely N-dealkylation sites (N-methyl/N-ethyl adjacent to an activating group) is 1. The predicted octanol–water partition coefficient (Wildman–Crippen LogP) is -0.0286. The fourth-order valence-corrected chi connectivity index (χ4v) is 4.30. The molecule has 1 aromatic heterocycles. The molecule has 3 atom stereocenters. The van der Waals surface area contributed by atoms with Crippen molar-refractivity contribution >= 4 is 11.8 Å². The third kappa shape index (κ3) is 3.75. The van der Waals surface area contributed by atoms with Gasteiger partial charge in [0, 0.05) is 26.2 Å². The number of nitrogens with one attached hydrogen (secondary N) is 1. The van der Waals surface area contributed by atoms with Crippen molar-refractivity contribution in [2.45, 2.75) is 38.0 Å². The zero-order chi connectivity index (χ0) is 20.5. The summed E-state index contributed by atoms with van der Waals surface area (Å²) in [7, 11) is 1.68. The molecule has 9 nitrogen and oxygen atoms in total. The number of aliphatic hydroxyl groups is 1. The van der Waals surface area contributed by atoms with Crippen LogP contribution in [-0.4, -0.2) is 86.4 Å². The van der Waals surface area contributed by atoms with Gasteiger partial charge in [-0.2, -0.15) is 0 Å². The molecule has 2 amide bonds. The van der Waals surface area contributed by atoms with Crippen LogP contribution >= 0.6 is 0 Å². The Morgan fingerprint density at radius 1 is 1.28 bits per heavy atom. The first-order valence-electron chi connectivity index (χ1n) is 9.91. The van der Waals surface area contributed by atoms with Gasteiger partial charge in [0.25, 0.3) is 5.91 Å². The van der Waals surface area contributed by atoms with E-state index >= 15 is 0 Å². The van der Waals surface area contributed by atoms with Crippen molar-refractivity contribution in [2.75, 3.05) is 26.7 Å². The van der Waals surface area contributed by atoms with E-state index in [0.29, 0.717) is 25.3 Å². The second kappa shape index (κ2) is 7.92. The maximum absolute atomic E-state index is 13.0. The molecular formula is C20H26N6O3. The number of piperazine rings is 1. The normalized spacial score (nSPS) is 25.1. The quantitative estimate of drug-likeness (QED) is 0.750. The molecule has 2 N–H and O–H groups in total. The van der Waals surface area contributed by atoms with Gasteiger partial charge in [0.1, 0.15) is 5.82 Å². The number of aromatic nitrogens is 3. The predicted molar refractivity (Wildman–Crippen MR) is 106 cm³/mol. The summed E-state index contributed by atoms with van der Waals surface area (Å²) < 4.78 is 1.64. The molecule has 0 unspecified atom stereocenters. The molecule has 2 aliphatic rings. The summed E-state index contributed by atoms with van der Waals surface area (Å²) in [4.78, 5) is 32.6. The van der Waals surface area contributed by atoms with Crippen molar-refractivity contribution in [3.63, 3.8) is 0 Å². The summed E-state index contributed by atoms with van der Waals surface area (Å²) in [6.07, 6.45) is 0.693. The van der Waals surface area contributed by atoms with Gasteiger partial charge in [-0.1, -0.05) is 18.2 Å². The van der Waals surface area contributed by atoms with Crippen molar-refractivity contribution in [3.05, 3.63) is 42.0 Å². The molecule has 1 aliphatic heterocycles. The summed E-state index contributed by atoms with van der Waals surface area (Å²) in [5.41, 5.74) is 0.837. The third-order valence-electron chi connectivity index (χ3n) is 5.86. The number of carbonyl (C=O) groups is 2. The average Bonchev–Trinajstić information content (AvgIpc) is 3.30. The summed E-state index contributed by atoms with van der Waals surface area (Å²) in [6, 6.07) is 9.07. The molecule has 1 aliphatic carbocycles. The highest BCUT2D eigenvalue weighted by Gasteiger charge is 2.43. The van der Waals surface area contributed by atoms with Crippen molar-refractivity contribution < 1.29 is 14.7 Å². The van der Waals surface area contributed by atoms with Gasteiger partial charge in [-0.25, -0.2) is 9.67 Å². The van der Waals surface area contributed by atoms with Crippen molar-refractivity contribution in [1.82, 2.24) is 29.9 Å². The van der Waals surface area contributed by atoms with Crippen LogP contribution in [-0.2, 0) is 4.79 Å². The monoisotopic (exact) mass is 398 g/mol. The Bertz CT molecular complexity index is 899. The summed E-state index contributed by atoms with van der Waals surface area (Å²) in [5.74, 6) is 0.394. The summed E-state index contributed by atoms with van der Waals surface area (Å²) in [5, 5.41) is 18.1. The van der Waals surface area contributed by atoms with Gasteiger partial charge in [0.15, 0.2) is 0 Å². The lowest BCUT2D eigenvalue weighted by molar-refractivity contribution is -0.125. The number of hydrogen-bond acceptors (Lipinski definition) is 6. The zero-order valence-electron chi connectivity index (χ0n) is 16.7. The third-order valence-corrected chi connectivity index (χ3v) is 5.86. The first kappa shape index (κ1) is 19.5. The molecule has 0 bridgehead atoms. The smallest absolute Gasteiger partial charge is 0.293 e. The fourth-order valence-electron chi connectivity index (χ4n) is 4.30. The SMILES string of the molecule is Cc1nc(C(=O)N(C)[C@@H]2CC[C@@H](N3CCNC(=O)C3)[C@@H]2O)nn1-c1ccccc1. The Labute approximate surface area is 169 Å². The van der Waals surface area contributed by atoms with E-state index in [4.69, 9.17) is 0 Å². The first-order valence-corrected chi connectivity index (χ1v) is 9.91. The van der Waals surface area contributed by atoms with Gasteiger partial charge in [0.05, 0.1) is 24.4 Å². The standard InChI is InChI=1S/C20H26N6O3/c1-13-22-19(23-26(13)14-6-4-3-5-7-14)20(29)24(2)15-8-9-16(18(15)28)25-11-10-21-17(27)12-25/h3-7,15-16,18,28H,8-12H2,1-2H3,(H,21,27)/t15-,16-,18-/m1/s1. The van der Waals surface area contributed by atoms with Crippen LogP contribution in [0.1, 0.15) is 29.3 Å². The number of para-hydroxylation sites is 1. The minimum Gasteiger partial charge on any atom is -0.389 e. The van der Waals surface area contributed by atoms with Gasteiger partial charge >= 0.3 is 0 Å². The minimum absolute atomic E-state index is 0.0255. The first-order chi connectivity index (χ1) is 14.0. The number of carbonyl (C=O) groups excluding carboxylic acids is 2. The Balaban J connectivity index is 1.48. The number of benzene rings is 1. The summed E-state index contributed by atoms with van der Waals surface area (Å²) >= 11 is 0. The number of nitrogens with zero attached hydrogens (tertiary/aromatic N) is 5. The molecule has 2 heterocycles. The van der Waals surface area contributed by atoms with E-state index < -0.39 is 6.10 Å². The number of aryl methyl sites for hydroxylation is 1. The largest absolute Gasteiger partial charge is 0.389 e. The van der Waals surface area contributed by atoms with Crippen molar-refractivity contribution in [1.29, 1.82) is 0 Å². The average molecular weight is 398 g/mol. The van der Waals surface area contributed by atoms with Crippen LogP contribution in [0.2, 0.25) is 0 Å². The molecular weight excluding hydrogens is 372 g/mol. The lowest BCUT2D eigenvalue weighted by Crippen LogP contribution is -2.55. The van der Waals surface area contributed by atoms with E-state index in [2.05, 4.69) is 15.4 Å². The van der Waals surface area contributed by atoms with Crippen LogP contribution in [0.4, 0.5) is 0 Å². The second-order valence-electron chi connectivity index (χ2n) is 7.67. The molecule has 1 aromatic carbocycles. The highest BCUT2D eigenvalue weighted by atomic mass is 16.3. The molecule has 29 heavy (non-hydrogen) atoms. The number of aliphatic hydroxyl groups excluding tert-OH is 1. The van der Waals surface area contributed by atoms with Gasteiger partial charge in [-0.05, 0) is 31.9 Å². The topological polar surface area (TPSA) is 104 Å². The van der Waals surface area contributed by atoms with Gasteiger partial charge in [0.2, 0.25) is 11.7 Å². The van der Waals surface area contributed by atoms with E-state index in [1.807, 2.05) is 35.2 Å². The van der Waals surface area contributed by atoms with Gasteiger partial charge < -0.3 is 15.3 Å². The Kier molecular flexibility index (Phi) is 5.33. The molecule has 1 saturated heterocycles. The van der Waals surface area contributed by atoms with Crippen LogP contribution in [0.15, 0.2) is 30.3 Å². The Hall–Kier alpha value is -2.78. The molecule has 1 saturated carbocycles. The van der Waals surface area contributed by atoms with Crippen molar-refractivity contribution in [2.24, 2.45) is 0 Å². The van der Waals surface area contributed by atoms with Crippen LogP contribution in [0.25, 0.3) is 5.69 Å². The molecule has 9 heteroatoms. The van der Waals surface area contributed by atoms with E-state index in [1.165, 1.54) is 0 Å². The Morgan fingerprint density at radius 3 is 2.76 bits per heavy atom. The van der Waals surface area contributed by atoms with E-state index in [0.717, 1.165) is 12.1 Å². The van der Waals surface area contributed by atoms with Crippen LogP contribution < -0.4 is 5.32 Å². The minimum atomic E-state index is -0.716. The Morgan fingerprint density at radius 2 is 2.03 bits per heavy atom. The second-order valence-corrected chi connectivity index (χ2v) is 7.67. The molecule has 4 rings (SSSR count). The van der Waals surface area contributed by atoms with Crippen LogP contribution in [0.5, 0.6) is 0 Å². The van der Waals surface area contributed by atoms with E-state index in [9.17, 15) is 14.7 Å². The van der Waals surface area contributed by atoms with Gasteiger partial charge in [-0.3, -0.25) is 14.5 Å². The number of hydrogen-bond donors (Lipinski definition) is 2. The molecule has 0 radical (unpaired) electrons. The molecule has 2 aromatic rings. The maximum atomic E-state index is 13.0. The van der Waals surface area contributed by atoms with E-state index in [1.54, 1.807) is 23.6 Å². The highest BCUT2D eigenvalue weighted by Crippen LogP contribution is 2.29. The van der Waals surface area contributed by atoms with Crippen LogP contribution in [0.3, 0.4) is 0 Å². The highest BCUT2D eigenvalue weighted by molar-refractivity contribution is 5.90. The lowest BCUT2D eigenvalue weighted by Gasteiger charge is -2.35. The molecule has 2 fully saturated rings. The lowest BCUT2D eigenvalue weighted by atomic mass is 10.1. The number of rotatable bonds is 4. The van der Waals surface area contributed by atoms with Crippen molar-refractivity contribution in [3.8, 4) is 5.69 Å². The van der Waals surface area contributed by atoms with Crippen LogP contribution in [0, 0.1) is 6.92 Å². The maximum Gasteiger partial charge on any atom is 0.293 e. The fraction of sp³-hybridized carbons (Fsp3) is 0.500. The molecule has 0 spiro atoms. The van der Waals surface area contributed by atoms with E-state index in [-0.39, 0.29) is 36.3 Å². The zero-order valence-corrected chi connectivity index (χ0v) is 16.7. The molecule has 154 valence electrons. The van der Waals surface area contributed by atoms with Gasteiger partial charge in [-0.15, -0.1) is 5.10 Å².